The fourth-order valence-corrected chi connectivity index (χ4v) is 5.48. The van der Waals surface area contributed by atoms with Crippen molar-refractivity contribution in [1.29, 1.82) is 0 Å². The predicted octanol–water partition coefficient (Wildman–Crippen LogP) is 12.1. The Hall–Kier alpha value is -1.51. The number of carbonyl (C=O) groups is 1. The molecule has 1 rings (SSSR count). The van der Waals surface area contributed by atoms with Gasteiger partial charge in [0.25, 0.3) is 0 Å². The summed E-state index contributed by atoms with van der Waals surface area (Å²) in [6, 6.07) is 6.55. The molecule has 0 saturated heterocycles. The molecule has 0 fully saturated rings. The molecule has 39 heavy (non-hydrogen) atoms. The maximum Gasteiger partial charge on any atom is 0.341 e. The maximum atomic E-state index is 11.9. The molecule has 0 bridgehead atoms. The molecule has 0 aliphatic carbocycles. The van der Waals surface area contributed by atoms with E-state index in [-0.39, 0.29) is 11.3 Å². The van der Waals surface area contributed by atoms with Gasteiger partial charge in [-0.3, -0.25) is 0 Å². The number of rotatable bonds is 29. The Morgan fingerprint density at radius 3 is 1.15 bits per heavy atom. The van der Waals surface area contributed by atoms with Crippen LogP contribution in [-0.2, 0) is 4.74 Å². The summed E-state index contributed by atoms with van der Waals surface area (Å²) in [5, 5.41) is 9.69. The van der Waals surface area contributed by atoms with Gasteiger partial charge < -0.3 is 9.84 Å². The van der Waals surface area contributed by atoms with Crippen LogP contribution in [0, 0.1) is 0 Å². The molecule has 1 aromatic rings. The zero-order chi connectivity index (χ0) is 28.1. The fourth-order valence-electron chi connectivity index (χ4n) is 5.48. The molecule has 0 saturated carbocycles. The first-order chi connectivity index (χ1) is 19.3. The molecule has 1 N–H and O–H groups in total. The molecule has 0 aliphatic heterocycles. The van der Waals surface area contributed by atoms with Gasteiger partial charge in [-0.2, -0.15) is 0 Å². The lowest BCUT2D eigenvalue weighted by molar-refractivity contribution is 0.0494. The Labute approximate surface area is 242 Å². The summed E-state index contributed by atoms with van der Waals surface area (Å²) in [5.74, 6) is -0.439. The zero-order valence-electron chi connectivity index (χ0n) is 25.9. The minimum Gasteiger partial charge on any atom is -0.507 e. The van der Waals surface area contributed by atoms with Gasteiger partial charge in [0.05, 0.1) is 6.61 Å². The Morgan fingerprint density at radius 2 is 0.821 bits per heavy atom. The number of hydrogen-bond donors (Lipinski definition) is 1. The average molecular weight is 545 g/mol. The Bertz CT molecular complexity index is 656. The Balaban J connectivity index is 1.68. The SMILES string of the molecule is CCCCCCCCCCCCCCCCCCCCCCCCCCCCCOC(=O)c1ccccc1O. The van der Waals surface area contributed by atoms with Gasteiger partial charge in [0.15, 0.2) is 0 Å². The van der Waals surface area contributed by atoms with Crippen LogP contribution in [0.3, 0.4) is 0 Å². The smallest absolute Gasteiger partial charge is 0.341 e. The van der Waals surface area contributed by atoms with Crippen LogP contribution in [0.1, 0.15) is 191 Å². The van der Waals surface area contributed by atoms with E-state index < -0.39 is 5.97 Å². The first-order valence-electron chi connectivity index (χ1n) is 17.2. The number of benzene rings is 1. The van der Waals surface area contributed by atoms with Crippen molar-refractivity contribution in [2.24, 2.45) is 0 Å². The monoisotopic (exact) mass is 544 g/mol. The van der Waals surface area contributed by atoms with Crippen molar-refractivity contribution in [1.82, 2.24) is 0 Å². The quantitative estimate of drug-likeness (QED) is 0.0805. The predicted molar refractivity (Wildman–Crippen MR) is 169 cm³/mol. The lowest BCUT2D eigenvalue weighted by atomic mass is 10.0. The minimum absolute atomic E-state index is 0.0114. The highest BCUT2D eigenvalue weighted by molar-refractivity contribution is 5.92. The lowest BCUT2D eigenvalue weighted by Gasteiger charge is -2.06. The summed E-state index contributed by atoms with van der Waals surface area (Å²) in [7, 11) is 0. The molecule has 0 heterocycles. The minimum atomic E-state index is -0.428. The first-order valence-corrected chi connectivity index (χ1v) is 17.2. The van der Waals surface area contributed by atoms with E-state index in [1.165, 1.54) is 167 Å². The van der Waals surface area contributed by atoms with E-state index in [1.54, 1.807) is 18.2 Å². The number of para-hydroxylation sites is 1. The maximum absolute atomic E-state index is 11.9. The van der Waals surface area contributed by atoms with Crippen molar-refractivity contribution in [3.05, 3.63) is 29.8 Å². The highest BCUT2D eigenvalue weighted by atomic mass is 16.5. The highest BCUT2D eigenvalue weighted by Gasteiger charge is 2.10. The summed E-state index contributed by atoms with van der Waals surface area (Å²) in [6.45, 7) is 2.73. The van der Waals surface area contributed by atoms with E-state index in [0.717, 1.165) is 12.8 Å². The number of phenols is 1. The third-order valence-electron chi connectivity index (χ3n) is 8.11. The number of carbonyl (C=O) groups excluding carboxylic acids is 1. The molecule has 0 spiro atoms. The van der Waals surface area contributed by atoms with E-state index in [9.17, 15) is 9.90 Å². The van der Waals surface area contributed by atoms with Crippen molar-refractivity contribution >= 4 is 5.97 Å². The van der Waals surface area contributed by atoms with Crippen molar-refractivity contribution in [3.63, 3.8) is 0 Å². The van der Waals surface area contributed by atoms with Crippen LogP contribution in [0.15, 0.2) is 24.3 Å². The van der Waals surface area contributed by atoms with E-state index in [2.05, 4.69) is 6.92 Å². The Morgan fingerprint density at radius 1 is 0.513 bits per heavy atom. The third-order valence-corrected chi connectivity index (χ3v) is 8.11. The number of ether oxygens (including phenoxy) is 1. The summed E-state index contributed by atoms with van der Waals surface area (Å²) < 4.78 is 5.27. The topological polar surface area (TPSA) is 46.5 Å². The molecule has 0 radical (unpaired) electrons. The van der Waals surface area contributed by atoms with E-state index in [4.69, 9.17) is 4.74 Å². The van der Waals surface area contributed by atoms with E-state index >= 15 is 0 Å². The third kappa shape index (κ3) is 22.9. The van der Waals surface area contributed by atoms with Crippen LogP contribution in [0.4, 0.5) is 0 Å². The van der Waals surface area contributed by atoms with Crippen LogP contribution in [-0.4, -0.2) is 17.7 Å². The van der Waals surface area contributed by atoms with Gasteiger partial charge in [-0.05, 0) is 18.6 Å². The van der Waals surface area contributed by atoms with Crippen LogP contribution in [0.25, 0.3) is 0 Å². The zero-order valence-corrected chi connectivity index (χ0v) is 25.9. The van der Waals surface area contributed by atoms with Gasteiger partial charge in [-0.1, -0.05) is 186 Å². The molecule has 3 heteroatoms. The molecule has 0 amide bonds. The van der Waals surface area contributed by atoms with Crippen LogP contribution < -0.4 is 0 Å². The largest absolute Gasteiger partial charge is 0.507 e. The first kappa shape index (κ1) is 35.5. The van der Waals surface area contributed by atoms with Crippen molar-refractivity contribution in [2.45, 2.75) is 180 Å². The summed E-state index contributed by atoms with van der Waals surface area (Å²) in [6.07, 6.45) is 37.5. The molecule has 226 valence electrons. The van der Waals surface area contributed by atoms with Crippen molar-refractivity contribution < 1.29 is 14.6 Å². The van der Waals surface area contributed by atoms with Crippen LogP contribution in [0.2, 0.25) is 0 Å². The molecule has 3 nitrogen and oxygen atoms in total. The van der Waals surface area contributed by atoms with E-state index in [0.29, 0.717) is 6.61 Å². The van der Waals surface area contributed by atoms with Crippen LogP contribution >= 0.6 is 0 Å². The number of esters is 1. The van der Waals surface area contributed by atoms with Gasteiger partial charge in [-0.25, -0.2) is 4.79 Å². The lowest BCUT2D eigenvalue weighted by Crippen LogP contribution is -2.06. The number of hydrogen-bond acceptors (Lipinski definition) is 3. The van der Waals surface area contributed by atoms with Gasteiger partial charge >= 0.3 is 5.97 Å². The number of aromatic hydroxyl groups is 1. The van der Waals surface area contributed by atoms with E-state index in [1.807, 2.05) is 0 Å². The molecular formula is C36H64O3. The standard InChI is InChI=1S/C36H64O3/c1-2-3-4-5-6-7-8-9-10-11-12-13-14-15-16-17-18-19-20-21-22-23-24-25-26-27-30-33-39-36(38)34-31-28-29-32-35(34)37/h28-29,31-32,37H,2-27,30,33H2,1H3. The van der Waals surface area contributed by atoms with Gasteiger partial charge in [0.1, 0.15) is 11.3 Å². The second-order valence-corrected chi connectivity index (χ2v) is 11.8. The number of phenolic OH excluding ortho intramolecular Hbond substituents is 1. The molecule has 1 aromatic carbocycles. The Kier molecular flexibility index (Phi) is 25.5. The van der Waals surface area contributed by atoms with Gasteiger partial charge in [0.2, 0.25) is 0 Å². The average Bonchev–Trinajstić information content (AvgIpc) is 2.94. The second-order valence-electron chi connectivity index (χ2n) is 11.8. The molecule has 0 aliphatic rings. The van der Waals surface area contributed by atoms with Crippen molar-refractivity contribution in [3.8, 4) is 5.75 Å². The highest BCUT2D eigenvalue weighted by Crippen LogP contribution is 2.18. The summed E-state index contributed by atoms with van der Waals surface area (Å²) in [4.78, 5) is 11.9. The van der Waals surface area contributed by atoms with Crippen LogP contribution in [0.5, 0.6) is 5.75 Å². The van der Waals surface area contributed by atoms with Crippen molar-refractivity contribution in [2.75, 3.05) is 6.61 Å². The molecule has 0 aromatic heterocycles. The molecule has 0 atom stereocenters. The number of unbranched alkanes of at least 4 members (excludes halogenated alkanes) is 26. The molecular weight excluding hydrogens is 480 g/mol. The fraction of sp³-hybridized carbons (Fsp3) is 0.806. The normalized spacial score (nSPS) is 11.2. The van der Waals surface area contributed by atoms with Gasteiger partial charge in [-0.15, -0.1) is 0 Å². The summed E-state index contributed by atoms with van der Waals surface area (Å²) in [5.41, 5.74) is 0.252. The second kappa shape index (κ2) is 28.0. The van der Waals surface area contributed by atoms with Gasteiger partial charge in [0, 0.05) is 0 Å². The summed E-state index contributed by atoms with van der Waals surface area (Å²) >= 11 is 0. The molecule has 0 unspecified atom stereocenters.